The summed E-state index contributed by atoms with van der Waals surface area (Å²) in [7, 11) is 0. The molecule has 2 rings (SSSR count). The lowest BCUT2D eigenvalue weighted by atomic mass is 10.0. The minimum atomic E-state index is -0.0973. The van der Waals surface area contributed by atoms with Gasteiger partial charge in [-0.05, 0) is 42.5 Å². The first-order chi connectivity index (χ1) is 9.61. The molecule has 0 aliphatic carbocycles. The third kappa shape index (κ3) is 3.40. The second-order valence-electron chi connectivity index (χ2n) is 5.23. The highest BCUT2D eigenvalue weighted by atomic mass is 16.5. The van der Waals surface area contributed by atoms with Gasteiger partial charge in [-0.2, -0.15) is 0 Å². The van der Waals surface area contributed by atoms with Crippen molar-refractivity contribution in [3.05, 3.63) is 64.7 Å². The van der Waals surface area contributed by atoms with Crippen LogP contribution in [-0.2, 0) is 6.42 Å². The van der Waals surface area contributed by atoms with E-state index in [0.29, 0.717) is 6.61 Å². The first-order valence-electron chi connectivity index (χ1n) is 7.15. The van der Waals surface area contributed by atoms with E-state index >= 15 is 0 Å². The van der Waals surface area contributed by atoms with E-state index in [1.165, 1.54) is 5.56 Å². The molecule has 0 aliphatic rings. The quantitative estimate of drug-likeness (QED) is 0.892. The summed E-state index contributed by atoms with van der Waals surface area (Å²) in [4.78, 5) is 0. The zero-order valence-electron chi connectivity index (χ0n) is 12.5. The Morgan fingerprint density at radius 1 is 1.00 bits per heavy atom. The maximum Gasteiger partial charge on any atom is 0.125 e. The Balaban J connectivity index is 2.02. The summed E-state index contributed by atoms with van der Waals surface area (Å²) in [6, 6.07) is 14.5. The lowest BCUT2D eigenvalue weighted by Crippen LogP contribution is -2.19. The van der Waals surface area contributed by atoms with E-state index < -0.39 is 0 Å². The SMILES string of the molecule is CCc1ccc(C(N)COc2c(C)cccc2C)cc1. The van der Waals surface area contributed by atoms with Crippen molar-refractivity contribution in [2.75, 3.05) is 6.61 Å². The number of rotatable bonds is 5. The molecule has 0 heterocycles. The molecule has 2 nitrogen and oxygen atoms in total. The van der Waals surface area contributed by atoms with E-state index in [2.05, 4.69) is 57.2 Å². The minimum Gasteiger partial charge on any atom is -0.491 e. The van der Waals surface area contributed by atoms with Gasteiger partial charge in [0.15, 0.2) is 0 Å². The summed E-state index contributed by atoms with van der Waals surface area (Å²) in [5.74, 6) is 0.952. The molecule has 0 spiro atoms. The molecular formula is C18H23NO. The van der Waals surface area contributed by atoms with Crippen LogP contribution in [0.2, 0.25) is 0 Å². The highest BCUT2D eigenvalue weighted by Crippen LogP contribution is 2.23. The number of ether oxygens (including phenoxy) is 1. The Kier molecular flexibility index (Phi) is 4.80. The molecule has 0 bridgehead atoms. The molecule has 0 amide bonds. The van der Waals surface area contributed by atoms with Gasteiger partial charge in [0.25, 0.3) is 0 Å². The van der Waals surface area contributed by atoms with Crippen molar-refractivity contribution in [2.45, 2.75) is 33.2 Å². The van der Waals surface area contributed by atoms with Crippen LogP contribution in [0.3, 0.4) is 0 Å². The van der Waals surface area contributed by atoms with Crippen molar-refractivity contribution >= 4 is 0 Å². The zero-order chi connectivity index (χ0) is 14.5. The smallest absolute Gasteiger partial charge is 0.125 e. The number of hydrogen-bond donors (Lipinski definition) is 1. The zero-order valence-corrected chi connectivity index (χ0v) is 12.5. The minimum absolute atomic E-state index is 0.0973. The number of nitrogens with two attached hydrogens (primary N) is 1. The summed E-state index contributed by atoms with van der Waals surface area (Å²) in [6.07, 6.45) is 1.05. The predicted octanol–water partition coefficient (Wildman–Crippen LogP) is 3.94. The molecular weight excluding hydrogens is 246 g/mol. The van der Waals surface area contributed by atoms with Gasteiger partial charge in [0.2, 0.25) is 0 Å². The lowest BCUT2D eigenvalue weighted by molar-refractivity contribution is 0.287. The third-order valence-corrected chi connectivity index (χ3v) is 3.63. The normalized spacial score (nSPS) is 12.2. The molecule has 2 aromatic rings. The molecule has 1 atom stereocenters. The molecule has 0 aromatic heterocycles. The van der Waals surface area contributed by atoms with E-state index in [9.17, 15) is 0 Å². The summed E-state index contributed by atoms with van der Waals surface area (Å²) < 4.78 is 5.92. The van der Waals surface area contributed by atoms with Crippen molar-refractivity contribution in [2.24, 2.45) is 5.73 Å². The van der Waals surface area contributed by atoms with Crippen LogP contribution in [0.15, 0.2) is 42.5 Å². The molecule has 0 radical (unpaired) electrons. The van der Waals surface area contributed by atoms with Crippen LogP contribution in [0.5, 0.6) is 5.75 Å². The molecule has 20 heavy (non-hydrogen) atoms. The van der Waals surface area contributed by atoms with E-state index in [0.717, 1.165) is 28.9 Å². The van der Waals surface area contributed by atoms with Gasteiger partial charge in [0, 0.05) is 0 Å². The van der Waals surface area contributed by atoms with Crippen LogP contribution in [0.1, 0.15) is 35.2 Å². The second kappa shape index (κ2) is 6.58. The summed E-state index contributed by atoms with van der Waals surface area (Å²) in [5, 5.41) is 0. The monoisotopic (exact) mass is 269 g/mol. The lowest BCUT2D eigenvalue weighted by Gasteiger charge is -2.16. The molecule has 2 N–H and O–H groups in total. The highest BCUT2D eigenvalue weighted by Gasteiger charge is 2.09. The van der Waals surface area contributed by atoms with Crippen molar-refractivity contribution < 1.29 is 4.74 Å². The summed E-state index contributed by atoms with van der Waals surface area (Å²) in [6.45, 7) is 6.77. The summed E-state index contributed by atoms with van der Waals surface area (Å²) in [5.41, 5.74) is 11.0. The third-order valence-electron chi connectivity index (χ3n) is 3.63. The van der Waals surface area contributed by atoms with Gasteiger partial charge in [-0.25, -0.2) is 0 Å². The molecule has 0 aliphatic heterocycles. The largest absolute Gasteiger partial charge is 0.491 e. The van der Waals surface area contributed by atoms with Crippen LogP contribution in [0, 0.1) is 13.8 Å². The standard InChI is InChI=1S/C18H23NO/c1-4-15-8-10-16(11-9-15)17(19)12-20-18-13(2)6-5-7-14(18)3/h5-11,17H,4,12,19H2,1-3H3. The topological polar surface area (TPSA) is 35.2 Å². The van der Waals surface area contributed by atoms with Crippen molar-refractivity contribution in [1.82, 2.24) is 0 Å². The first kappa shape index (κ1) is 14.6. The number of hydrogen-bond acceptors (Lipinski definition) is 2. The molecule has 1 unspecified atom stereocenters. The van der Waals surface area contributed by atoms with Gasteiger partial charge in [-0.1, -0.05) is 49.4 Å². The van der Waals surface area contributed by atoms with Crippen LogP contribution in [0.4, 0.5) is 0 Å². The van der Waals surface area contributed by atoms with Gasteiger partial charge >= 0.3 is 0 Å². The number of para-hydroxylation sites is 1. The fraction of sp³-hybridized carbons (Fsp3) is 0.333. The maximum absolute atomic E-state index is 6.21. The molecule has 0 saturated heterocycles. The van der Waals surface area contributed by atoms with E-state index in [4.69, 9.17) is 10.5 Å². The summed E-state index contributed by atoms with van der Waals surface area (Å²) >= 11 is 0. The van der Waals surface area contributed by atoms with Gasteiger partial charge in [0.05, 0.1) is 6.04 Å². The van der Waals surface area contributed by atoms with Crippen LogP contribution in [0.25, 0.3) is 0 Å². The van der Waals surface area contributed by atoms with Gasteiger partial charge in [-0.3, -0.25) is 0 Å². The van der Waals surface area contributed by atoms with E-state index in [1.54, 1.807) is 0 Å². The molecule has 106 valence electrons. The Bertz CT molecular complexity index is 540. The molecule has 0 fully saturated rings. The van der Waals surface area contributed by atoms with E-state index in [-0.39, 0.29) is 6.04 Å². The van der Waals surface area contributed by atoms with E-state index in [1.807, 2.05) is 6.07 Å². The van der Waals surface area contributed by atoms with Crippen LogP contribution < -0.4 is 10.5 Å². The number of benzene rings is 2. The molecule has 0 saturated carbocycles. The Morgan fingerprint density at radius 2 is 1.60 bits per heavy atom. The maximum atomic E-state index is 6.21. The second-order valence-corrected chi connectivity index (χ2v) is 5.23. The fourth-order valence-electron chi connectivity index (χ4n) is 2.30. The number of aryl methyl sites for hydroxylation is 3. The van der Waals surface area contributed by atoms with Crippen molar-refractivity contribution in [1.29, 1.82) is 0 Å². The van der Waals surface area contributed by atoms with Gasteiger partial charge in [-0.15, -0.1) is 0 Å². The molecule has 2 heteroatoms. The van der Waals surface area contributed by atoms with Crippen LogP contribution in [-0.4, -0.2) is 6.61 Å². The average molecular weight is 269 g/mol. The van der Waals surface area contributed by atoms with Gasteiger partial charge in [0.1, 0.15) is 12.4 Å². The van der Waals surface area contributed by atoms with Gasteiger partial charge < -0.3 is 10.5 Å². The highest BCUT2D eigenvalue weighted by molar-refractivity contribution is 5.39. The van der Waals surface area contributed by atoms with Crippen molar-refractivity contribution in [3.8, 4) is 5.75 Å². The van der Waals surface area contributed by atoms with Crippen molar-refractivity contribution in [3.63, 3.8) is 0 Å². The first-order valence-corrected chi connectivity index (χ1v) is 7.15. The molecule has 2 aromatic carbocycles. The average Bonchev–Trinajstić information content (AvgIpc) is 2.46. The Labute approximate surface area is 121 Å². The Hall–Kier alpha value is -1.80. The Morgan fingerprint density at radius 3 is 2.15 bits per heavy atom. The van der Waals surface area contributed by atoms with Crippen LogP contribution >= 0.6 is 0 Å². The fourth-order valence-corrected chi connectivity index (χ4v) is 2.30. The predicted molar refractivity (Wildman–Crippen MR) is 84.2 cm³/mol.